The van der Waals surface area contributed by atoms with E-state index in [0.717, 1.165) is 42.5 Å². The maximum absolute atomic E-state index is 13.6. The number of fused-ring (bicyclic) bond motifs is 2. The number of benzene rings is 1. The monoisotopic (exact) mass is 492 g/mol. The number of ether oxygens (including phenoxy) is 2. The summed E-state index contributed by atoms with van der Waals surface area (Å²) in [6.07, 6.45) is 9.07. The van der Waals surface area contributed by atoms with Crippen LogP contribution in [0.2, 0.25) is 0 Å². The van der Waals surface area contributed by atoms with E-state index in [9.17, 15) is 14.0 Å². The minimum atomic E-state index is -0.368. The standard InChI is InChI=1S/C29H33FN2O4/c1-3-35-29(34)32-23-10-11-24-20(14-23)15-26-27(17(2)36-28(26)33)25(24)12-9-22-8-7-19(16-31-22)18-5-4-6-21(30)13-18/h4-9,12-13,16-17,20,23-27H,3,10-11,14-15H2,1-2H3,(H,32,34)/t17-,20-,23+,24+,25-,26+,27+/m0/s1. The number of alkyl carbamates (subject to hydrolysis) is 1. The number of carbonyl (C=O) groups is 2. The lowest BCUT2D eigenvalue weighted by molar-refractivity contribution is -0.144. The van der Waals surface area contributed by atoms with Crippen LogP contribution in [0.1, 0.15) is 45.2 Å². The van der Waals surface area contributed by atoms with Crippen molar-refractivity contribution in [2.75, 3.05) is 6.61 Å². The van der Waals surface area contributed by atoms with E-state index in [2.05, 4.69) is 16.4 Å². The zero-order valence-corrected chi connectivity index (χ0v) is 20.7. The largest absolute Gasteiger partial charge is 0.462 e. The molecule has 0 radical (unpaired) electrons. The number of nitrogens with zero attached hydrogens (tertiary/aromatic N) is 1. The molecule has 1 aromatic heterocycles. The molecule has 1 amide bonds. The Hall–Kier alpha value is -3.22. The first-order valence-electron chi connectivity index (χ1n) is 13.0. The minimum absolute atomic E-state index is 0.0679. The number of nitrogens with one attached hydrogen (secondary N) is 1. The molecule has 7 heteroatoms. The highest BCUT2D eigenvalue weighted by atomic mass is 19.1. The molecule has 6 nitrogen and oxygen atoms in total. The summed E-state index contributed by atoms with van der Waals surface area (Å²) in [6.45, 7) is 4.15. The Bertz CT molecular complexity index is 1130. The van der Waals surface area contributed by atoms with E-state index in [-0.39, 0.29) is 47.8 Å². The number of halogens is 1. The van der Waals surface area contributed by atoms with Gasteiger partial charge in [-0.2, -0.15) is 0 Å². The molecule has 190 valence electrons. The molecule has 0 bridgehead atoms. The van der Waals surface area contributed by atoms with E-state index in [1.54, 1.807) is 19.2 Å². The molecule has 1 N–H and O–H groups in total. The third-order valence-corrected chi connectivity index (χ3v) is 8.18. The number of amides is 1. The number of allylic oxidation sites excluding steroid dienone is 1. The quantitative estimate of drug-likeness (QED) is 0.548. The number of esters is 1. The summed E-state index contributed by atoms with van der Waals surface area (Å²) in [5, 5.41) is 3.00. The molecule has 36 heavy (non-hydrogen) atoms. The highest BCUT2D eigenvalue weighted by Crippen LogP contribution is 2.53. The molecular formula is C29H33FN2O4. The second kappa shape index (κ2) is 10.4. The Morgan fingerprint density at radius 2 is 2.08 bits per heavy atom. The molecule has 2 heterocycles. The van der Waals surface area contributed by atoms with Crippen LogP contribution in [0.4, 0.5) is 9.18 Å². The summed E-state index contributed by atoms with van der Waals surface area (Å²) in [7, 11) is 0. The van der Waals surface area contributed by atoms with Crippen LogP contribution in [0.15, 0.2) is 48.7 Å². The third kappa shape index (κ3) is 5.01. The fourth-order valence-electron chi connectivity index (χ4n) is 6.64. The maximum atomic E-state index is 13.6. The van der Waals surface area contributed by atoms with E-state index >= 15 is 0 Å². The average molecular weight is 493 g/mol. The number of pyridine rings is 1. The molecule has 5 rings (SSSR count). The minimum Gasteiger partial charge on any atom is -0.462 e. The number of cyclic esters (lactones) is 1. The molecule has 2 aliphatic carbocycles. The normalized spacial score (nSPS) is 31.4. The van der Waals surface area contributed by atoms with Gasteiger partial charge in [0.15, 0.2) is 0 Å². The summed E-state index contributed by atoms with van der Waals surface area (Å²) in [4.78, 5) is 29.2. The molecule has 1 aromatic carbocycles. The van der Waals surface area contributed by atoms with Crippen molar-refractivity contribution >= 4 is 18.1 Å². The molecule has 1 aliphatic heterocycles. The molecular weight excluding hydrogens is 459 g/mol. The van der Waals surface area contributed by atoms with Crippen molar-refractivity contribution in [3.63, 3.8) is 0 Å². The van der Waals surface area contributed by atoms with Crippen molar-refractivity contribution in [2.24, 2.45) is 29.6 Å². The predicted molar refractivity (Wildman–Crippen MR) is 134 cm³/mol. The van der Waals surface area contributed by atoms with Gasteiger partial charge in [0.1, 0.15) is 11.9 Å². The third-order valence-electron chi connectivity index (χ3n) is 8.18. The highest BCUT2D eigenvalue weighted by Gasteiger charge is 2.54. The summed E-state index contributed by atoms with van der Waals surface area (Å²) < 4.78 is 24.3. The molecule has 0 spiro atoms. The lowest BCUT2D eigenvalue weighted by Crippen LogP contribution is -2.48. The van der Waals surface area contributed by atoms with Gasteiger partial charge in [0, 0.05) is 23.7 Å². The van der Waals surface area contributed by atoms with Crippen LogP contribution in [-0.4, -0.2) is 35.8 Å². The van der Waals surface area contributed by atoms with E-state index in [4.69, 9.17) is 9.47 Å². The second-order valence-corrected chi connectivity index (χ2v) is 10.3. The number of carbonyl (C=O) groups excluding carboxylic acids is 2. The molecule has 3 aliphatic rings. The lowest BCUT2D eigenvalue weighted by atomic mass is 9.57. The van der Waals surface area contributed by atoms with Crippen LogP contribution in [-0.2, 0) is 14.3 Å². The topological polar surface area (TPSA) is 77.5 Å². The van der Waals surface area contributed by atoms with E-state index in [1.807, 2.05) is 31.2 Å². The van der Waals surface area contributed by atoms with Gasteiger partial charge in [-0.05, 0) is 87.1 Å². The summed E-state index contributed by atoms with van der Waals surface area (Å²) >= 11 is 0. The van der Waals surface area contributed by atoms with Crippen molar-refractivity contribution in [1.82, 2.24) is 10.3 Å². The molecule has 2 aromatic rings. The number of hydrogen-bond acceptors (Lipinski definition) is 5. The number of aromatic nitrogens is 1. The molecule has 3 fully saturated rings. The fourth-order valence-corrected chi connectivity index (χ4v) is 6.64. The van der Waals surface area contributed by atoms with Crippen LogP contribution >= 0.6 is 0 Å². The number of hydrogen-bond donors (Lipinski definition) is 1. The summed E-state index contributed by atoms with van der Waals surface area (Å²) in [5.41, 5.74) is 2.48. The van der Waals surface area contributed by atoms with Crippen molar-refractivity contribution in [3.8, 4) is 11.1 Å². The Labute approximate surface area is 211 Å². The molecule has 0 unspecified atom stereocenters. The molecule has 7 atom stereocenters. The van der Waals surface area contributed by atoms with Crippen LogP contribution in [0.3, 0.4) is 0 Å². The lowest BCUT2D eigenvalue weighted by Gasteiger charge is -2.47. The zero-order chi connectivity index (χ0) is 25.2. The SMILES string of the molecule is CCOC(=O)N[C@@H]1CC[C@@H]2[C@@H](C1)C[C@H]1C(=O)O[C@@H](C)[C@@H]1[C@H]2C=Cc1ccc(-c2cccc(F)c2)cn1. The van der Waals surface area contributed by atoms with Crippen LogP contribution in [0, 0.1) is 35.4 Å². The van der Waals surface area contributed by atoms with E-state index < -0.39 is 0 Å². The van der Waals surface area contributed by atoms with Crippen molar-refractivity contribution in [1.29, 1.82) is 0 Å². The smallest absolute Gasteiger partial charge is 0.407 e. The Balaban J connectivity index is 1.34. The first kappa shape index (κ1) is 24.5. The first-order valence-corrected chi connectivity index (χ1v) is 13.0. The average Bonchev–Trinajstić information content (AvgIpc) is 3.15. The van der Waals surface area contributed by atoms with E-state index in [0.29, 0.717) is 18.4 Å². The Morgan fingerprint density at radius 1 is 1.22 bits per heavy atom. The Kier molecular flexibility index (Phi) is 7.08. The van der Waals surface area contributed by atoms with Gasteiger partial charge in [-0.25, -0.2) is 9.18 Å². The number of rotatable bonds is 5. The summed E-state index contributed by atoms with van der Waals surface area (Å²) in [6, 6.07) is 10.4. The van der Waals surface area contributed by atoms with Crippen molar-refractivity contribution < 1.29 is 23.5 Å². The van der Waals surface area contributed by atoms with Gasteiger partial charge in [0.25, 0.3) is 0 Å². The van der Waals surface area contributed by atoms with Gasteiger partial charge in [-0.1, -0.05) is 24.3 Å². The van der Waals surface area contributed by atoms with Gasteiger partial charge < -0.3 is 14.8 Å². The van der Waals surface area contributed by atoms with Crippen LogP contribution in [0.25, 0.3) is 17.2 Å². The van der Waals surface area contributed by atoms with Gasteiger partial charge in [-0.15, -0.1) is 0 Å². The molecule has 2 saturated carbocycles. The molecule has 1 saturated heterocycles. The predicted octanol–water partition coefficient (Wildman–Crippen LogP) is 5.63. The van der Waals surface area contributed by atoms with Crippen LogP contribution in [0.5, 0.6) is 0 Å². The van der Waals surface area contributed by atoms with Crippen molar-refractivity contribution in [2.45, 2.75) is 51.7 Å². The van der Waals surface area contributed by atoms with Gasteiger partial charge in [0.05, 0.1) is 18.2 Å². The fraction of sp³-hybridized carbons (Fsp3) is 0.483. The second-order valence-electron chi connectivity index (χ2n) is 10.3. The zero-order valence-electron chi connectivity index (χ0n) is 20.7. The van der Waals surface area contributed by atoms with E-state index in [1.165, 1.54) is 12.1 Å². The first-order chi connectivity index (χ1) is 17.4. The van der Waals surface area contributed by atoms with Gasteiger partial charge in [0.2, 0.25) is 0 Å². The highest BCUT2D eigenvalue weighted by molar-refractivity contribution is 5.75. The van der Waals surface area contributed by atoms with Crippen molar-refractivity contribution in [3.05, 3.63) is 60.2 Å². The summed E-state index contributed by atoms with van der Waals surface area (Å²) in [5.74, 6) is 0.629. The van der Waals surface area contributed by atoms with Gasteiger partial charge in [-0.3, -0.25) is 9.78 Å². The maximum Gasteiger partial charge on any atom is 0.407 e. The Morgan fingerprint density at radius 3 is 2.83 bits per heavy atom. The van der Waals surface area contributed by atoms with Crippen LogP contribution < -0.4 is 5.32 Å². The van der Waals surface area contributed by atoms with Gasteiger partial charge >= 0.3 is 12.1 Å².